The van der Waals surface area contributed by atoms with Crippen molar-refractivity contribution in [2.45, 2.75) is 50.5 Å². The van der Waals surface area contributed by atoms with Crippen molar-refractivity contribution in [2.75, 3.05) is 26.7 Å². The molecule has 0 saturated carbocycles. The summed E-state index contributed by atoms with van der Waals surface area (Å²) in [5, 5.41) is 4.67. The number of amides is 2. The Kier molecular flexibility index (Phi) is 10.2. The molecule has 0 spiro atoms. The number of hydrogen-bond acceptors (Lipinski definition) is 4. The Morgan fingerprint density at radius 3 is 2.27 bits per heavy atom. The highest BCUT2D eigenvalue weighted by atomic mass is 32.2. The van der Waals surface area contributed by atoms with Crippen molar-refractivity contribution in [3.05, 3.63) is 78.4 Å². The van der Waals surface area contributed by atoms with Crippen LogP contribution in [0.2, 0.25) is 0 Å². The number of rotatable bonds is 13. The van der Waals surface area contributed by atoms with E-state index in [-0.39, 0.29) is 17.3 Å². The van der Waals surface area contributed by atoms with Crippen LogP contribution in [0.25, 0.3) is 10.8 Å². The summed E-state index contributed by atoms with van der Waals surface area (Å²) in [4.78, 5) is 28.2. The van der Waals surface area contributed by atoms with Gasteiger partial charge < -0.3 is 10.2 Å². The van der Waals surface area contributed by atoms with Crippen LogP contribution in [0.3, 0.4) is 0 Å². The monoisotopic (exact) mass is 523 g/mol. The molecule has 0 aromatic heterocycles. The maximum atomic E-state index is 13.5. The zero-order chi connectivity index (χ0) is 26.8. The van der Waals surface area contributed by atoms with Gasteiger partial charge in [-0.25, -0.2) is 8.42 Å². The molecule has 1 unspecified atom stereocenters. The van der Waals surface area contributed by atoms with Crippen LogP contribution in [-0.4, -0.2) is 62.2 Å². The molecule has 3 aromatic carbocycles. The first-order valence-corrected chi connectivity index (χ1v) is 14.3. The summed E-state index contributed by atoms with van der Waals surface area (Å²) in [7, 11) is -2.51. The minimum atomic E-state index is -3.91. The molecule has 0 bridgehead atoms. The van der Waals surface area contributed by atoms with E-state index < -0.39 is 22.0 Å². The van der Waals surface area contributed by atoms with Gasteiger partial charge in [0.05, 0.1) is 11.4 Å². The number of carbonyl (C=O) groups is 2. The fourth-order valence-electron chi connectivity index (χ4n) is 4.28. The maximum absolute atomic E-state index is 13.5. The van der Waals surface area contributed by atoms with Gasteiger partial charge in [0.15, 0.2) is 0 Å². The predicted octanol–water partition coefficient (Wildman–Crippen LogP) is 4.23. The van der Waals surface area contributed by atoms with E-state index in [1.165, 1.54) is 11.9 Å². The smallest absolute Gasteiger partial charge is 0.243 e. The SMILES string of the molecule is CCCCNC(=O)C(CC)N(CCc1ccccc1)C(=O)CN(C)S(=O)(=O)c1ccc2ccccc2c1. The summed E-state index contributed by atoms with van der Waals surface area (Å²) in [6.07, 6.45) is 2.80. The van der Waals surface area contributed by atoms with Gasteiger partial charge in [0.1, 0.15) is 6.04 Å². The molecule has 8 heteroatoms. The van der Waals surface area contributed by atoms with E-state index in [0.29, 0.717) is 25.9 Å². The van der Waals surface area contributed by atoms with Gasteiger partial charge in [-0.05, 0) is 47.7 Å². The third-order valence-corrected chi connectivity index (χ3v) is 8.29. The average Bonchev–Trinajstić information content (AvgIpc) is 2.91. The average molecular weight is 524 g/mol. The van der Waals surface area contributed by atoms with Gasteiger partial charge in [0.2, 0.25) is 21.8 Å². The molecule has 198 valence electrons. The molecule has 2 amide bonds. The number of benzene rings is 3. The third kappa shape index (κ3) is 7.40. The first kappa shape index (κ1) is 28.3. The Morgan fingerprint density at radius 1 is 0.919 bits per heavy atom. The largest absolute Gasteiger partial charge is 0.354 e. The zero-order valence-electron chi connectivity index (χ0n) is 21.9. The van der Waals surface area contributed by atoms with Crippen molar-refractivity contribution >= 4 is 32.6 Å². The predicted molar refractivity (Wildman–Crippen MR) is 148 cm³/mol. The van der Waals surface area contributed by atoms with Gasteiger partial charge in [0.25, 0.3) is 0 Å². The second-order valence-corrected chi connectivity index (χ2v) is 11.2. The summed E-state index contributed by atoms with van der Waals surface area (Å²) in [6, 6.07) is 21.5. The summed E-state index contributed by atoms with van der Waals surface area (Å²) in [5.74, 6) is -0.613. The first-order valence-electron chi connectivity index (χ1n) is 12.8. The lowest BCUT2D eigenvalue weighted by atomic mass is 10.1. The van der Waals surface area contributed by atoms with Gasteiger partial charge in [-0.1, -0.05) is 80.9 Å². The molecule has 0 aliphatic rings. The molecule has 0 radical (unpaired) electrons. The molecule has 0 aliphatic carbocycles. The van der Waals surface area contributed by atoms with Crippen LogP contribution in [-0.2, 0) is 26.0 Å². The second kappa shape index (κ2) is 13.4. The lowest BCUT2D eigenvalue weighted by Gasteiger charge is -2.32. The summed E-state index contributed by atoms with van der Waals surface area (Å²) >= 11 is 0. The van der Waals surface area contributed by atoms with Crippen LogP contribution in [0.4, 0.5) is 0 Å². The van der Waals surface area contributed by atoms with Crippen molar-refractivity contribution in [1.82, 2.24) is 14.5 Å². The maximum Gasteiger partial charge on any atom is 0.243 e. The molecular formula is C29H37N3O4S. The normalized spacial score (nSPS) is 12.4. The van der Waals surface area contributed by atoms with Crippen LogP contribution >= 0.6 is 0 Å². The van der Waals surface area contributed by atoms with Crippen molar-refractivity contribution in [3.63, 3.8) is 0 Å². The quantitative estimate of drug-likeness (QED) is 0.340. The van der Waals surface area contributed by atoms with Gasteiger partial charge >= 0.3 is 0 Å². The van der Waals surface area contributed by atoms with Crippen LogP contribution in [0.15, 0.2) is 77.7 Å². The Morgan fingerprint density at radius 2 is 1.59 bits per heavy atom. The van der Waals surface area contributed by atoms with E-state index >= 15 is 0 Å². The Balaban J connectivity index is 1.81. The molecule has 3 aromatic rings. The van der Waals surface area contributed by atoms with E-state index in [9.17, 15) is 18.0 Å². The number of fused-ring (bicyclic) bond motifs is 1. The topological polar surface area (TPSA) is 86.8 Å². The Bertz CT molecular complexity index is 1290. The molecule has 0 aliphatic heterocycles. The molecule has 1 N–H and O–H groups in total. The van der Waals surface area contributed by atoms with Gasteiger partial charge in [-0.3, -0.25) is 9.59 Å². The van der Waals surface area contributed by atoms with Gasteiger partial charge in [-0.2, -0.15) is 4.31 Å². The standard InChI is InChI=1S/C29H37N3O4S/c1-4-6-19-30-29(34)27(5-2)32(20-18-23-12-8-7-9-13-23)28(33)22-31(3)37(35,36)26-17-16-24-14-10-11-15-25(24)21-26/h7-17,21,27H,4-6,18-20,22H2,1-3H3,(H,30,34). The fraction of sp³-hybridized carbons (Fsp3) is 0.379. The van der Waals surface area contributed by atoms with Gasteiger partial charge in [-0.15, -0.1) is 0 Å². The number of carbonyl (C=O) groups excluding carboxylic acids is 2. The van der Waals surface area contributed by atoms with Crippen LogP contribution in [0.5, 0.6) is 0 Å². The molecule has 1 atom stereocenters. The highest BCUT2D eigenvalue weighted by molar-refractivity contribution is 7.89. The Labute approximate surface area is 220 Å². The minimum absolute atomic E-state index is 0.127. The number of unbranched alkanes of at least 4 members (excludes halogenated alkanes) is 1. The van der Waals surface area contributed by atoms with E-state index in [1.54, 1.807) is 18.2 Å². The summed E-state index contributed by atoms with van der Waals surface area (Å²) in [5.41, 5.74) is 1.04. The number of likely N-dealkylation sites (N-methyl/N-ethyl adjacent to an activating group) is 1. The van der Waals surface area contributed by atoms with Crippen LogP contribution in [0, 0.1) is 0 Å². The molecule has 7 nitrogen and oxygen atoms in total. The number of sulfonamides is 1. The molecular weight excluding hydrogens is 486 g/mol. The molecule has 3 rings (SSSR count). The number of nitrogens with one attached hydrogen (secondary N) is 1. The van der Waals surface area contributed by atoms with Crippen molar-refractivity contribution in [2.24, 2.45) is 0 Å². The lowest BCUT2D eigenvalue weighted by molar-refractivity contribution is -0.140. The van der Waals surface area contributed by atoms with E-state index in [4.69, 9.17) is 0 Å². The van der Waals surface area contributed by atoms with Crippen LogP contribution < -0.4 is 5.32 Å². The Hall–Kier alpha value is -3.23. The molecule has 0 saturated heterocycles. The van der Waals surface area contributed by atoms with Crippen molar-refractivity contribution in [3.8, 4) is 0 Å². The lowest BCUT2D eigenvalue weighted by Crippen LogP contribution is -2.52. The van der Waals surface area contributed by atoms with Crippen molar-refractivity contribution < 1.29 is 18.0 Å². The van der Waals surface area contributed by atoms with Crippen LogP contribution in [0.1, 0.15) is 38.7 Å². The van der Waals surface area contributed by atoms with E-state index in [2.05, 4.69) is 5.32 Å². The van der Waals surface area contributed by atoms with E-state index in [0.717, 1.165) is 33.5 Å². The number of nitrogens with zero attached hydrogens (tertiary/aromatic N) is 2. The highest BCUT2D eigenvalue weighted by Gasteiger charge is 2.31. The molecule has 37 heavy (non-hydrogen) atoms. The van der Waals surface area contributed by atoms with E-state index in [1.807, 2.05) is 68.4 Å². The minimum Gasteiger partial charge on any atom is -0.354 e. The van der Waals surface area contributed by atoms with Crippen molar-refractivity contribution in [1.29, 1.82) is 0 Å². The zero-order valence-corrected chi connectivity index (χ0v) is 22.7. The highest BCUT2D eigenvalue weighted by Crippen LogP contribution is 2.21. The first-order chi connectivity index (χ1) is 17.8. The summed E-state index contributed by atoms with van der Waals surface area (Å²) < 4.78 is 27.7. The number of hydrogen-bond donors (Lipinski definition) is 1. The third-order valence-electron chi connectivity index (χ3n) is 6.49. The fourth-order valence-corrected chi connectivity index (χ4v) is 5.43. The second-order valence-electron chi connectivity index (χ2n) is 9.16. The molecule has 0 fully saturated rings. The molecule has 0 heterocycles. The summed E-state index contributed by atoms with van der Waals surface area (Å²) in [6.45, 7) is 4.41. The van der Waals surface area contributed by atoms with Gasteiger partial charge in [0, 0.05) is 20.1 Å².